The quantitative estimate of drug-likeness (QED) is 0.832. The fourth-order valence-corrected chi connectivity index (χ4v) is 1.66. The Kier molecular flexibility index (Phi) is 4.01. The van der Waals surface area contributed by atoms with Gasteiger partial charge in [-0.15, -0.1) is 5.10 Å². The zero-order valence-electron chi connectivity index (χ0n) is 9.55. The molecular formula is C12H13ClN4. The Labute approximate surface area is 105 Å². The van der Waals surface area contributed by atoms with E-state index >= 15 is 0 Å². The summed E-state index contributed by atoms with van der Waals surface area (Å²) in [6.07, 6.45) is 3.59. The minimum atomic E-state index is 0.422. The highest BCUT2D eigenvalue weighted by molar-refractivity contribution is 6.29. The summed E-state index contributed by atoms with van der Waals surface area (Å²) in [5.74, 6) is 0. The maximum absolute atomic E-state index is 5.68. The average molecular weight is 249 g/mol. The van der Waals surface area contributed by atoms with Crippen LogP contribution in [-0.2, 0) is 13.1 Å². The standard InChI is InChI=1S/C12H13ClN4/c1-17(8-10-4-6-14-7-5-10)9-11-2-3-12(13)16-15-11/h2-7H,8-9H2,1H3. The second kappa shape index (κ2) is 5.70. The van der Waals surface area contributed by atoms with E-state index in [-0.39, 0.29) is 0 Å². The molecule has 0 aliphatic heterocycles. The van der Waals surface area contributed by atoms with Crippen LogP contribution in [-0.4, -0.2) is 27.1 Å². The van der Waals surface area contributed by atoms with Gasteiger partial charge in [0.15, 0.2) is 5.15 Å². The van der Waals surface area contributed by atoms with Crippen LogP contribution in [0.15, 0.2) is 36.7 Å². The predicted octanol–water partition coefficient (Wildman–Crippen LogP) is 2.16. The topological polar surface area (TPSA) is 41.9 Å². The highest BCUT2D eigenvalue weighted by Gasteiger charge is 2.03. The second-order valence-corrected chi connectivity index (χ2v) is 4.26. The van der Waals surface area contributed by atoms with E-state index in [0.717, 1.165) is 18.8 Å². The normalized spacial score (nSPS) is 10.8. The smallest absolute Gasteiger partial charge is 0.151 e. The molecule has 0 amide bonds. The first-order chi connectivity index (χ1) is 8.24. The molecule has 0 spiro atoms. The van der Waals surface area contributed by atoms with E-state index in [1.807, 2.05) is 25.2 Å². The number of hydrogen-bond donors (Lipinski definition) is 0. The summed E-state index contributed by atoms with van der Waals surface area (Å²) in [5.41, 5.74) is 2.13. The first-order valence-electron chi connectivity index (χ1n) is 5.29. The SMILES string of the molecule is CN(Cc1ccncc1)Cc1ccc(Cl)nn1. The molecule has 0 aromatic carbocycles. The number of rotatable bonds is 4. The molecule has 0 saturated heterocycles. The maximum Gasteiger partial charge on any atom is 0.151 e. The molecule has 0 N–H and O–H groups in total. The summed E-state index contributed by atoms with van der Waals surface area (Å²) in [6.45, 7) is 1.60. The Hall–Kier alpha value is -1.52. The number of halogens is 1. The molecule has 2 rings (SSSR count). The van der Waals surface area contributed by atoms with Crippen molar-refractivity contribution in [3.8, 4) is 0 Å². The molecule has 2 aromatic rings. The molecule has 0 bridgehead atoms. The van der Waals surface area contributed by atoms with Crippen molar-refractivity contribution in [3.63, 3.8) is 0 Å². The molecule has 5 heteroatoms. The van der Waals surface area contributed by atoms with Crippen molar-refractivity contribution in [2.45, 2.75) is 13.1 Å². The van der Waals surface area contributed by atoms with Crippen molar-refractivity contribution in [2.75, 3.05) is 7.05 Å². The lowest BCUT2D eigenvalue weighted by Gasteiger charge is -2.15. The van der Waals surface area contributed by atoms with Crippen LogP contribution in [0.2, 0.25) is 5.15 Å². The number of aromatic nitrogens is 3. The van der Waals surface area contributed by atoms with E-state index in [1.165, 1.54) is 5.56 Å². The summed E-state index contributed by atoms with van der Waals surface area (Å²) < 4.78 is 0. The van der Waals surface area contributed by atoms with Crippen molar-refractivity contribution in [3.05, 3.63) is 53.1 Å². The zero-order valence-corrected chi connectivity index (χ0v) is 10.3. The molecule has 0 atom stereocenters. The fraction of sp³-hybridized carbons (Fsp3) is 0.250. The van der Waals surface area contributed by atoms with Gasteiger partial charge in [-0.1, -0.05) is 11.6 Å². The second-order valence-electron chi connectivity index (χ2n) is 3.88. The van der Waals surface area contributed by atoms with E-state index < -0.39 is 0 Å². The average Bonchev–Trinajstić information content (AvgIpc) is 2.33. The van der Waals surface area contributed by atoms with Gasteiger partial charge in [0.1, 0.15) is 0 Å². The summed E-state index contributed by atoms with van der Waals surface area (Å²) in [7, 11) is 2.04. The molecule has 0 unspecified atom stereocenters. The van der Waals surface area contributed by atoms with Crippen LogP contribution >= 0.6 is 11.6 Å². The van der Waals surface area contributed by atoms with Crippen molar-refractivity contribution < 1.29 is 0 Å². The minimum absolute atomic E-state index is 0.422. The maximum atomic E-state index is 5.68. The van der Waals surface area contributed by atoms with Gasteiger partial charge in [0.25, 0.3) is 0 Å². The van der Waals surface area contributed by atoms with Gasteiger partial charge in [0.2, 0.25) is 0 Å². The van der Waals surface area contributed by atoms with Gasteiger partial charge in [0, 0.05) is 25.5 Å². The first kappa shape index (κ1) is 12.0. The van der Waals surface area contributed by atoms with E-state index in [2.05, 4.69) is 20.1 Å². The molecule has 88 valence electrons. The Morgan fingerprint density at radius 3 is 2.47 bits per heavy atom. The van der Waals surface area contributed by atoms with Crippen LogP contribution in [0, 0.1) is 0 Å². The predicted molar refractivity (Wildman–Crippen MR) is 66.5 cm³/mol. The Morgan fingerprint density at radius 1 is 1.06 bits per heavy atom. The van der Waals surface area contributed by atoms with Crippen molar-refractivity contribution in [1.82, 2.24) is 20.1 Å². The van der Waals surface area contributed by atoms with Gasteiger partial charge in [-0.05, 0) is 36.9 Å². The van der Waals surface area contributed by atoms with Gasteiger partial charge in [-0.3, -0.25) is 9.88 Å². The highest BCUT2D eigenvalue weighted by Crippen LogP contribution is 2.07. The van der Waals surface area contributed by atoms with Crippen LogP contribution in [0.25, 0.3) is 0 Å². The fourth-order valence-electron chi connectivity index (χ4n) is 1.56. The summed E-state index contributed by atoms with van der Waals surface area (Å²) in [5, 5.41) is 8.26. The van der Waals surface area contributed by atoms with Gasteiger partial charge < -0.3 is 0 Å². The molecule has 0 aliphatic rings. The zero-order chi connectivity index (χ0) is 12.1. The molecule has 0 radical (unpaired) electrons. The lowest BCUT2D eigenvalue weighted by Crippen LogP contribution is -2.18. The molecule has 2 heterocycles. The van der Waals surface area contributed by atoms with Gasteiger partial charge in [-0.2, -0.15) is 5.10 Å². The van der Waals surface area contributed by atoms with Crippen LogP contribution < -0.4 is 0 Å². The third-order valence-corrected chi connectivity index (χ3v) is 2.52. The molecule has 0 aliphatic carbocycles. The number of hydrogen-bond acceptors (Lipinski definition) is 4. The van der Waals surface area contributed by atoms with Gasteiger partial charge in [0.05, 0.1) is 5.69 Å². The molecule has 0 saturated carbocycles. The Balaban J connectivity index is 1.93. The van der Waals surface area contributed by atoms with Gasteiger partial charge in [-0.25, -0.2) is 0 Å². The van der Waals surface area contributed by atoms with Crippen molar-refractivity contribution in [2.24, 2.45) is 0 Å². The minimum Gasteiger partial charge on any atom is -0.296 e. The number of pyridine rings is 1. The largest absolute Gasteiger partial charge is 0.296 e. The summed E-state index contributed by atoms with van der Waals surface area (Å²) in [6, 6.07) is 7.65. The molecule has 17 heavy (non-hydrogen) atoms. The van der Waals surface area contributed by atoms with Crippen LogP contribution in [0.4, 0.5) is 0 Å². The molecule has 0 fully saturated rings. The summed E-state index contributed by atoms with van der Waals surface area (Å²) in [4.78, 5) is 6.15. The molecule has 4 nitrogen and oxygen atoms in total. The van der Waals surface area contributed by atoms with E-state index in [1.54, 1.807) is 18.5 Å². The molecular weight excluding hydrogens is 236 g/mol. The first-order valence-corrected chi connectivity index (χ1v) is 5.67. The third kappa shape index (κ3) is 3.76. The van der Waals surface area contributed by atoms with E-state index in [0.29, 0.717) is 5.15 Å². The lowest BCUT2D eigenvalue weighted by atomic mass is 10.2. The van der Waals surface area contributed by atoms with Crippen LogP contribution in [0.1, 0.15) is 11.3 Å². The highest BCUT2D eigenvalue weighted by atomic mass is 35.5. The van der Waals surface area contributed by atoms with E-state index in [4.69, 9.17) is 11.6 Å². The van der Waals surface area contributed by atoms with Gasteiger partial charge >= 0.3 is 0 Å². The van der Waals surface area contributed by atoms with E-state index in [9.17, 15) is 0 Å². The lowest BCUT2D eigenvalue weighted by molar-refractivity contribution is 0.314. The van der Waals surface area contributed by atoms with Crippen molar-refractivity contribution in [1.29, 1.82) is 0 Å². The number of nitrogens with zero attached hydrogens (tertiary/aromatic N) is 4. The Morgan fingerprint density at radius 2 is 1.82 bits per heavy atom. The molecule has 2 aromatic heterocycles. The summed E-state index contributed by atoms with van der Waals surface area (Å²) >= 11 is 5.68. The third-order valence-electron chi connectivity index (χ3n) is 2.32. The van der Waals surface area contributed by atoms with Crippen LogP contribution in [0.5, 0.6) is 0 Å². The van der Waals surface area contributed by atoms with Crippen molar-refractivity contribution >= 4 is 11.6 Å². The monoisotopic (exact) mass is 248 g/mol. The Bertz CT molecular complexity index is 458. The van der Waals surface area contributed by atoms with Crippen LogP contribution in [0.3, 0.4) is 0 Å².